The van der Waals surface area contributed by atoms with E-state index in [2.05, 4.69) is 10.3 Å². The number of rotatable bonds is 4. The Morgan fingerprint density at radius 2 is 1.61 bits per heavy atom. The fraction of sp³-hybridized carbons (Fsp3) is 0.435. The molecule has 2 rings (SSSR count). The molecule has 1 aromatic heterocycles. The summed E-state index contributed by atoms with van der Waals surface area (Å²) in [5.74, 6) is 0.535. The Labute approximate surface area is 183 Å². The summed E-state index contributed by atoms with van der Waals surface area (Å²) in [6, 6.07) is 9.10. The molecule has 0 fully saturated rings. The van der Waals surface area contributed by atoms with Gasteiger partial charge in [-0.2, -0.15) is 0 Å². The third-order valence-electron chi connectivity index (χ3n) is 3.97. The Morgan fingerprint density at radius 1 is 1.03 bits per heavy atom. The number of nitrogens with zero attached hydrogens (tertiary/aromatic N) is 2. The minimum Gasteiger partial charge on any atom is -0.443 e. The number of hydrogen-bond donors (Lipinski definition) is 2. The molecule has 168 valence electrons. The maximum atomic E-state index is 12.7. The highest BCUT2D eigenvalue weighted by Crippen LogP contribution is 2.24. The van der Waals surface area contributed by atoms with Crippen molar-refractivity contribution in [1.29, 1.82) is 0 Å². The van der Waals surface area contributed by atoms with Gasteiger partial charge in [0.25, 0.3) is 0 Å². The predicted molar refractivity (Wildman–Crippen MR) is 121 cm³/mol. The van der Waals surface area contributed by atoms with Crippen molar-refractivity contribution >= 4 is 29.4 Å². The number of amides is 2. The van der Waals surface area contributed by atoms with Crippen molar-refractivity contribution in [2.75, 3.05) is 11.1 Å². The third-order valence-corrected chi connectivity index (χ3v) is 3.97. The van der Waals surface area contributed by atoms with Gasteiger partial charge in [-0.1, -0.05) is 12.1 Å². The minimum atomic E-state index is -0.773. The molecule has 0 aliphatic heterocycles. The molecule has 1 heterocycles. The van der Waals surface area contributed by atoms with E-state index in [1.165, 1.54) is 0 Å². The second-order valence-electron chi connectivity index (χ2n) is 9.26. The van der Waals surface area contributed by atoms with Crippen LogP contribution in [0.15, 0.2) is 36.5 Å². The number of pyridine rings is 1. The number of nitrogen functional groups attached to an aromatic ring is 1. The molecule has 2 amide bonds. The zero-order valence-electron chi connectivity index (χ0n) is 19.3. The average molecular weight is 429 g/mol. The van der Waals surface area contributed by atoms with Crippen molar-refractivity contribution in [3.63, 3.8) is 0 Å². The number of carbonyl (C=O) groups excluding carboxylic acids is 2. The molecule has 8 heteroatoms. The van der Waals surface area contributed by atoms with E-state index in [-0.39, 0.29) is 6.54 Å². The summed E-state index contributed by atoms with van der Waals surface area (Å²) in [5, 5.41) is 3.17. The number of nitrogens with two attached hydrogens (primary N) is 1. The quantitative estimate of drug-likeness (QED) is 0.672. The fourth-order valence-corrected chi connectivity index (χ4v) is 2.57. The fourth-order valence-electron chi connectivity index (χ4n) is 2.57. The van der Waals surface area contributed by atoms with Crippen LogP contribution in [0.2, 0.25) is 0 Å². The maximum absolute atomic E-state index is 12.7. The summed E-state index contributed by atoms with van der Waals surface area (Å²) >= 11 is 0. The summed E-state index contributed by atoms with van der Waals surface area (Å²) in [6.45, 7) is 12.3. The van der Waals surface area contributed by atoms with Crippen LogP contribution in [0.1, 0.15) is 52.7 Å². The van der Waals surface area contributed by atoms with Crippen LogP contribution in [0.3, 0.4) is 0 Å². The van der Waals surface area contributed by atoms with Crippen LogP contribution in [0.4, 0.5) is 26.8 Å². The van der Waals surface area contributed by atoms with Crippen LogP contribution in [-0.4, -0.2) is 33.3 Å². The van der Waals surface area contributed by atoms with Crippen LogP contribution in [-0.2, 0) is 16.0 Å². The number of benzene rings is 1. The molecule has 8 nitrogen and oxygen atoms in total. The summed E-state index contributed by atoms with van der Waals surface area (Å²) in [4.78, 5) is 30.6. The second-order valence-corrected chi connectivity index (χ2v) is 9.26. The molecule has 31 heavy (non-hydrogen) atoms. The molecule has 0 atom stereocenters. The SMILES string of the molecule is Cc1ccnc(Nc2cccc(CN(C(=O)OC(C)(C)C)C(=O)OC(C)(C)C)c2)c1N. The topological polar surface area (TPSA) is 107 Å². The highest BCUT2D eigenvalue weighted by Gasteiger charge is 2.31. The van der Waals surface area contributed by atoms with Crippen molar-refractivity contribution in [3.8, 4) is 0 Å². The normalized spacial score (nSPS) is 11.6. The molecule has 1 aromatic carbocycles. The van der Waals surface area contributed by atoms with E-state index in [0.29, 0.717) is 17.1 Å². The lowest BCUT2D eigenvalue weighted by Crippen LogP contribution is -2.43. The van der Waals surface area contributed by atoms with E-state index in [1.807, 2.05) is 31.2 Å². The van der Waals surface area contributed by atoms with E-state index in [1.54, 1.807) is 53.8 Å². The van der Waals surface area contributed by atoms with E-state index in [4.69, 9.17) is 15.2 Å². The second kappa shape index (κ2) is 9.24. The highest BCUT2D eigenvalue weighted by molar-refractivity contribution is 5.88. The number of anilines is 3. The average Bonchev–Trinajstić information content (AvgIpc) is 2.61. The van der Waals surface area contributed by atoms with Gasteiger partial charge in [0.15, 0.2) is 5.82 Å². The summed E-state index contributed by atoms with van der Waals surface area (Å²) < 4.78 is 10.8. The van der Waals surface area contributed by atoms with Crippen LogP contribution in [0, 0.1) is 6.92 Å². The first-order chi connectivity index (χ1) is 14.2. The van der Waals surface area contributed by atoms with Crippen molar-refractivity contribution in [2.24, 2.45) is 0 Å². The van der Waals surface area contributed by atoms with Crippen molar-refractivity contribution in [3.05, 3.63) is 47.7 Å². The third kappa shape index (κ3) is 7.47. The van der Waals surface area contributed by atoms with Gasteiger partial charge >= 0.3 is 12.2 Å². The lowest BCUT2D eigenvalue weighted by atomic mass is 10.1. The van der Waals surface area contributed by atoms with Crippen molar-refractivity contribution in [2.45, 2.75) is 66.2 Å². The number of carbonyl (C=O) groups is 2. The molecule has 0 aliphatic rings. The van der Waals surface area contributed by atoms with Crippen LogP contribution < -0.4 is 11.1 Å². The van der Waals surface area contributed by atoms with E-state index < -0.39 is 23.4 Å². The number of imide groups is 1. The molecule has 3 N–H and O–H groups in total. The summed E-state index contributed by atoms with van der Waals surface area (Å²) in [5.41, 5.74) is 7.47. The van der Waals surface area contributed by atoms with E-state index in [0.717, 1.165) is 16.2 Å². The van der Waals surface area contributed by atoms with Gasteiger partial charge < -0.3 is 20.5 Å². The molecule has 0 bridgehead atoms. The standard InChI is InChI=1S/C23H32N4O4/c1-15-11-12-25-19(18(15)24)26-17-10-8-9-16(13-17)14-27(20(28)30-22(2,3)4)21(29)31-23(5,6)7/h8-13H,14,24H2,1-7H3,(H,25,26). The van der Waals surface area contributed by atoms with Gasteiger partial charge in [-0.05, 0) is 77.8 Å². The number of nitrogens with one attached hydrogen (secondary N) is 1. The van der Waals surface area contributed by atoms with E-state index in [9.17, 15) is 9.59 Å². The molecule has 0 radical (unpaired) electrons. The monoisotopic (exact) mass is 428 g/mol. The lowest BCUT2D eigenvalue weighted by Gasteiger charge is -2.28. The van der Waals surface area contributed by atoms with Crippen LogP contribution >= 0.6 is 0 Å². The molecule has 0 unspecified atom stereocenters. The van der Waals surface area contributed by atoms with Gasteiger partial charge in [0.2, 0.25) is 0 Å². The predicted octanol–water partition coefficient (Wildman–Crippen LogP) is 5.39. The number of hydrogen-bond acceptors (Lipinski definition) is 7. The van der Waals surface area contributed by atoms with Gasteiger partial charge in [0, 0.05) is 11.9 Å². The Kier molecular flexibility index (Phi) is 7.15. The maximum Gasteiger partial charge on any atom is 0.420 e. The van der Waals surface area contributed by atoms with Crippen molar-refractivity contribution < 1.29 is 19.1 Å². The van der Waals surface area contributed by atoms with Gasteiger partial charge in [0.05, 0.1) is 12.2 Å². The molecule has 2 aromatic rings. The molecular weight excluding hydrogens is 396 g/mol. The smallest absolute Gasteiger partial charge is 0.420 e. The van der Waals surface area contributed by atoms with Crippen LogP contribution in [0.5, 0.6) is 0 Å². The Balaban J connectivity index is 2.27. The highest BCUT2D eigenvalue weighted by atomic mass is 16.6. The Morgan fingerprint density at radius 3 is 2.16 bits per heavy atom. The zero-order chi connectivity index (χ0) is 23.4. The van der Waals surface area contributed by atoms with Gasteiger partial charge in [-0.25, -0.2) is 19.5 Å². The van der Waals surface area contributed by atoms with Gasteiger partial charge in [-0.15, -0.1) is 0 Å². The minimum absolute atomic E-state index is 0.0178. The number of aryl methyl sites for hydroxylation is 1. The van der Waals surface area contributed by atoms with Crippen LogP contribution in [0.25, 0.3) is 0 Å². The molecule has 0 saturated heterocycles. The van der Waals surface area contributed by atoms with Gasteiger partial charge in [0.1, 0.15) is 11.2 Å². The number of ether oxygens (including phenoxy) is 2. The summed E-state index contributed by atoms with van der Waals surface area (Å²) in [7, 11) is 0. The van der Waals surface area contributed by atoms with Gasteiger partial charge in [-0.3, -0.25) is 0 Å². The summed E-state index contributed by atoms with van der Waals surface area (Å²) in [6.07, 6.45) is 0.124. The zero-order valence-corrected chi connectivity index (χ0v) is 19.3. The van der Waals surface area contributed by atoms with Crippen molar-refractivity contribution in [1.82, 2.24) is 9.88 Å². The van der Waals surface area contributed by atoms with E-state index >= 15 is 0 Å². The Hall–Kier alpha value is -3.29. The largest absolute Gasteiger partial charge is 0.443 e. The first-order valence-corrected chi connectivity index (χ1v) is 10.1. The molecule has 0 spiro atoms. The lowest BCUT2D eigenvalue weighted by molar-refractivity contribution is -0.000247. The number of aromatic nitrogens is 1. The molecule has 0 aliphatic carbocycles. The first-order valence-electron chi connectivity index (χ1n) is 10.1. The molecular formula is C23H32N4O4. The Bertz CT molecular complexity index is 917. The molecule has 0 saturated carbocycles. The first kappa shape index (κ1) is 24.0.